The highest BCUT2D eigenvalue weighted by atomic mass is 16.7. The molecule has 0 aromatic rings. The standard InChI is InChI=1S/C34H58O9/c1-16(2)17(3)27(37)28(38)18(4)21-7-8-22-20-14-25(36)24-13-19(9-11-34(24,6)23(20)10-12-33(21,22)5)42-32-31(41)30(40)29(39)26(15-35)43-32/h16-24,26-32,35,37-41H,7-15H2,1-6H3/t17-,18+,19?,20+,21-,22+,23+,24?,26-,27?,28?,29-,30+,31-,32-,33-,34-/m1/s1. The molecule has 17 atom stereocenters. The van der Waals surface area contributed by atoms with E-state index >= 15 is 0 Å². The van der Waals surface area contributed by atoms with Crippen molar-refractivity contribution in [3.05, 3.63) is 0 Å². The van der Waals surface area contributed by atoms with Crippen LogP contribution in [0.15, 0.2) is 0 Å². The molecule has 4 saturated carbocycles. The molecule has 0 spiro atoms. The van der Waals surface area contributed by atoms with E-state index in [2.05, 4.69) is 34.6 Å². The van der Waals surface area contributed by atoms with Gasteiger partial charge in [0.2, 0.25) is 0 Å². The number of carbonyl (C=O) groups excluding carboxylic acids is 1. The minimum atomic E-state index is -1.49. The van der Waals surface area contributed by atoms with E-state index < -0.39 is 49.5 Å². The van der Waals surface area contributed by atoms with Crippen LogP contribution in [0.3, 0.4) is 0 Å². The molecule has 6 N–H and O–H groups in total. The first-order valence-electron chi connectivity index (χ1n) is 17.0. The SMILES string of the molecule is CC(C)[C@@H](C)C(O)C(O)[C@@H](C)[C@H]1CC[C@H]2[C@@H]3CC(=O)C4CC(O[C@@H]5O[C@H](CO)[C@@H](O)[C@H](O)[C@H]5O)CC[C@]4(C)[C@H]3CC[C@]12C. The summed E-state index contributed by atoms with van der Waals surface area (Å²) in [5.41, 5.74) is -0.0993. The van der Waals surface area contributed by atoms with Gasteiger partial charge in [-0.2, -0.15) is 0 Å². The number of ketones is 1. The molecule has 1 saturated heterocycles. The summed E-state index contributed by atoms with van der Waals surface area (Å²) in [6.45, 7) is 12.5. The van der Waals surface area contributed by atoms with Crippen molar-refractivity contribution < 1.29 is 44.9 Å². The average molecular weight is 611 g/mol. The fourth-order valence-electron chi connectivity index (χ4n) is 10.7. The molecule has 4 aliphatic carbocycles. The van der Waals surface area contributed by atoms with Gasteiger partial charge in [-0.25, -0.2) is 0 Å². The summed E-state index contributed by atoms with van der Waals surface area (Å²) in [6.07, 6.45) is -1.56. The second-order valence-corrected chi connectivity index (χ2v) is 16.0. The second kappa shape index (κ2) is 12.5. The molecule has 9 heteroatoms. The zero-order valence-electron chi connectivity index (χ0n) is 27.0. The summed E-state index contributed by atoms with van der Waals surface area (Å²) in [5, 5.41) is 62.6. The highest BCUT2D eigenvalue weighted by molar-refractivity contribution is 5.83. The van der Waals surface area contributed by atoms with Gasteiger partial charge in [-0.3, -0.25) is 4.79 Å². The van der Waals surface area contributed by atoms with E-state index in [1.54, 1.807) is 0 Å². The molecule has 0 amide bonds. The minimum Gasteiger partial charge on any atom is -0.394 e. The Morgan fingerprint density at radius 1 is 0.884 bits per heavy atom. The Kier molecular flexibility index (Phi) is 9.81. The van der Waals surface area contributed by atoms with E-state index in [-0.39, 0.29) is 40.5 Å². The molecule has 0 radical (unpaired) electrons. The first-order chi connectivity index (χ1) is 20.1. The van der Waals surface area contributed by atoms with Crippen LogP contribution in [0.4, 0.5) is 0 Å². The molecule has 0 aromatic carbocycles. The largest absolute Gasteiger partial charge is 0.394 e. The topological polar surface area (TPSA) is 157 Å². The van der Waals surface area contributed by atoms with Crippen molar-refractivity contribution in [2.45, 2.75) is 142 Å². The summed E-state index contributed by atoms with van der Waals surface area (Å²) >= 11 is 0. The maximum Gasteiger partial charge on any atom is 0.186 e. The molecular formula is C34H58O9. The third-order valence-electron chi connectivity index (χ3n) is 13.8. The fraction of sp³-hybridized carbons (Fsp3) is 0.971. The van der Waals surface area contributed by atoms with E-state index in [0.717, 1.165) is 32.1 Å². The summed E-state index contributed by atoms with van der Waals surface area (Å²) in [4.78, 5) is 13.9. The van der Waals surface area contributed by atoms with Crippen LogP contribution in [0.5, 0.6) is 0 Å². The van der Waals surface area contributed by atoms with Crippen LogP contribution in [-0.2, 0) is 14.3 Å². The van der Waals surface area contributed by atoms with Gasteiger partial charge in [0, 0.05) is 12.3 Å². The lowest BCUT2D eigenvalue weighted by molar-refractivity contribution is -0.315. The van der Waals surface area contributed by atoms with E-state index in [1.807, 2.05) is 6.92 Å². The lowest BCUT2D eigenvalue weighted by Gasteiger charge is -2.60. The Balaban J connectivity index is 1.27. The van der Waals surface area contributed by atoms with Gasteiger partial charge in [-0.1, -0.05) is 41.5 Å². The number of rotatable bonds is 8. The Labute approximate surface area is 257 Å². The van der Waals surface area contributed by atoms with Crippen molar-refractivity contribution in [1.82, 2.24) is 0 Å². The van der Waals surface area contributed by atoms with E-state index in [0.29, 0.717) is 48.9 Å². The van der Waals surface area contributed by atoms with Crippen molar-refractivity contribution in [3.8, 4) is 0 Å². The quantitative estimate of drug-likeness (QED) is 0.227. The predicted octanol–water partition coefficient (Wildman–Crippen LogP) is 2.66. The van der Waals surface area contributed by atoms with Crippen molar-refractivity contribution in [2.24, 2.45) is 58.2 Å². The molecule has 1 heterocycles. The highest BCUT2D eigenvalue weighted by Gasteiger charge is 2.63. The Bertz CT molecular complexity index is 989. The molecule has 5 aliphatic rings. The second-order valence-electron chi connectivity index (χ2n) is 16.0. The Morgan fingerprint density at radius 2 is 1.53 bits per heavy atom. The van der Waals surface area contributed by atoms with Gasteiger partial charge in [-0.05, 0) is 97.2 Å². The minimum absolute atomic E-state index is 0.0135. The highest BCUT2D eigenvalue weighted by Crippen LogP contribution is 2.68. The van der Waals surface area contributed by atoms with Gasteiger partial charge >= 0.3 is 0 Å². The van der Waals surface area contributed by atoms with Crippen LogP contribution >= 0.6 is 0 Å². The third kappa shape index (κ3) is 5.66. The van der Waals surface area contributed by atoms with E-state index in [4.69, 9.17) is 9.47 Å². The molecule has 9 nitrogen and oxygen atoms in total. The molecule has 5 fully saturated rings. The molecular weight excluding hydrogens is 552 g/mol. The summed E-state index contributed by atoms with van der Waals surface area (Å²) in [6, 6.07) is 0. The monoisotopic (exact) mass is 610 g/mol. The maximum absolute atomic E-state index is 13.9. The molecule has 43 heavy (non-hydrogen) atoms. The average Bonchev–Trinajstić information content (AvgIpc) is 3.33. The number of aliphatic hydroxyl groups excluding tert-OH is 6. The van der Waals surface area contributed by atoms with Gasteiger partial charge in [0.1, 0.15) is 30.2 Å². The first-order valence-corrected chi connectivity index (χ1v) is 17.0. The van der Waals surface area contributed by atoms with Crippen LogP contribution in [0, 0.1) is 58.2 Å². The van der Waals surface area contributed by atoms with Gasteiger partial charge in [0.25, 0.3) is 0 Å². The number of hydrogen-bond donors (Lipinski definition) is 6. The molecule has 248 valence electrons. The predicted molar refractivity (Wildman–Crippen MR) is 159 cm³/mol. The van der Waals surface area contributed by atoms with Crippen LogP contribution in [-0.4, -0.2) is 92.0 Å². The molecule has 0 aromatic heterocycles. The number of aliphatic hydroxyl groups is 6. The Hall–Kier alpha value is -0.650. The van der Waals surface area contributed by atoms with Gasteiger partial charge in [0.15, 0.2) is 6.29 Å². The van der Waals surface area contributed by atoms with Crippen LogP contribution in [0.25, 0.3) is 0 Å². The molecule has 0 bridgehead atoms. The maximum atomic E-state index is 13.9. The zero-order valence-corrected chi connectivity index (χ0v) is 27.0. The normalized spacial score (nSPS) is 49.5. The van der Waals surface area contributed by atoms with E-state index in [1.165, 1.54) is 0 Å². The number of hydrogen-bond acceptors (Lipinski definition) is 9. The van der Waals surface area contributed by atoms with E-state index in [9.17, 15) is 35.4 Å². The van der Waals surface area contributed by atoms with Crippen LogP contribution in [0.2, 0.25) is 0 Å². The number of fused-ring (bicyclic) bond motifs is 5. The lowest BCUT2D eigenvalue weighted by atomic mass is 9.44. The number of Topliss-reactive ketones (excluding diaryl/α,β-unsaturated/α-hetero) is 1. The molecule has 5 rings (SSSR count). The van der Waals surface area contributed by atoms with Crippen molar-refractivity contribution in [1.29, 1.82) is 0 Å². The van der Waals surface area contributed by atoms with Crippen LogP contribution < -0.4 is 0 Å². The van der Waals surface area contributed by atoms with Crippen molar-refractivity contribution in [3.63, 3.8) is 0 Å². The lowest BCUT2D eigenvalue weighted by Crippen LogP contribution is -2.61. The smallest absolute Gasteiger partial charge is 0.186 e. The summed E-state index contributed by atoms with van der Waals surface area (Å²) in [7, 11) is 0. The summed E-state index contributed by atoms with van der Waals surface area (Å²) < 4.78 is 11.7. The van der Waals surface area contributed by atoms with Gasteiger partial charge in [-0.15, -0.1) is 0 Å². The number of carbonyl (C=O) groups is 1. The van der Waals surface area contributed by atoms with Crippen molar-refractivity contribution >= 4 is 5.78 Å². The van der Waals surface area contributed by atoms with Crippen molar-refractivity contribution in [2.75, 3.05) is 6.61 Å². The van der Waals surface area contributed by atoms with Crippen LogP contribution in [0.1, 0.15) is 92.9 Å². The molecule has 4 unspecified atom stereocenters. The first kappa shape index (κ1) is 33.7. The number of ether oxygens (including phenoxy) is 2. The van der Waals surface area contributed by atoms with Gasteiger partial charge < -0.3 is 40.1 Å². The Morgan fingerprint density at radius 3 is 2.19 bits per heavy atom. The molecule has 1 aliphatic heterocycles. The zero-order chi connectivity index (χ0) is 31.6. The fourth-order valence-corrected chi connectivity index (χ4v) is 10.7. The summed E-state index contributed by atoms with van der Waals surface area (Å²) in [5.74, 6) is 1.93. The van der Waals surface area contributed by atoms with Gasteiger partial charge in [0.05, 0.1) is 24.9 Å². The third-order valence-corrected chi connectivity index (χ3v) is 13.8.